The van der Waals surface area contributed by atoms with Crippen LogP contribution in [0.3, 0.4) is 0 Å². The number of rotatable bonds is 3. The molecule has 0 fully saturated rings. The highest BCUT2D eigenvalue weighted by Crippen LogP contribution is 2.30. The van der Waals surface area contributed by atoms with Crippen molar-refractivity contribution in [3.05, 3.63) is 57.2 Å². The van der Waals surface area contributed by atoms with Crippen LogP contribution in [0.2, 0.25) is 5.15 Å². The number of aromatic nitrogens is 1. The quantitative estimate of drug-likeness (QED) is 0.487. The molecule has 0 aliphatic heterocycles. The van der Waals surface area contributed by atoms with Gasteiger partial charge in [-0.1, -0.05) is 11.6 Å². The molecule has 0 amide bonds. The fraction of sp³-hybridized carbons (Fsp3) is 0. The number of hydrogen-bond acceptors (Lipinski definition) is 5. The van der Waals surface area contributed by atoms with Crippen LogP contribution in [0.4, 0.5) is 5.69 Å². The lowest BCUT2D eigenvalue weighted by atomic mass is 10.2. The van der Waals surface area contributed by atoms with Crippen LogP contribution in [-0.4, -0.2) is 9.91 Å². The average molecular weight is 276 g/mol. The van der Waals surface area contributed by atoms with Crippen molar-refractivity contribution in [1.29, 1.82) is 5.26 Å². The maximum atomic E-state index is 10.8. The topological polar surface area (TPSA) is 89.0 Å². The Kier molecular flexibility index (Phi) is 3.59. The van der Waals surface area contributed by atoms with Crippen molar-refractivity contribution in [3.8, 4) is 17.7 Å². The molecule has 0 spiro atoms. The van der Waals surface area contributed by atoms with Gasteiger partial charge in [0.05, 0.1) is 16.6 Å². The molecule has 0 saturated heterocycles. The lowest BCUT2D eigenvalue weighted by Crippen LogP contribution is -1.96. The Morgan fingerprint density at radius 1 is 1.26 bits per heavy atom. The van der Waals surface area contributed by atoms with E-state index in [0.717, 1.165) is 0 Å². The fourth-order valence-corrected chi connectivity index (χ4v) is 1.47. The van der Waals surface area contributed by atoms with E-state index in [1.165, 1.54) is 36.4 Å². The van der Waals surface area contributed by atoms with Gasteiger partial charge in [0.2, 0.25) is 0 Å². The Balaban J connectivity index is 2.34. The van der Waals surface area contributed by atoms with Gasteiger partial charge in [-0.2, -0.15) is 10.2 Å². The number of ether oxygens (including phenoxy) is 1. The highest BCUT2D eigenvalue weighted by Gasteiger charge is 2.18. The molecule has 0 atom stereocenters. The van der Waals surface area contributed by atoms with Gasteiger partial charge >= 0.3 is 11.6 Å². The van der Waals surface area contributed by atoms with E-state index in [9.17, 15) is 10.1 Å². The minimum Gasteiger partial charge on any atom is -0.434 e. The van der Waals surface area contributed by atoms with Gasteiger partial charge in [0.25, 0.3) is 0 Å². The van der Waals surface area contributed by atoms with Gasteiger partial charge in [0.1, 0.15) is 10.9 Å². The van der Waals surface area contributed by atoms with Crippen LogP contribution in [0, 0.1) is 21.4 Å². The minimum atomic E-state index is -0.609. The molecule has 0 unspecified atom stereocenters. The summed E-state index contributed by atoms with van der Waals surface area (Å²) < 4.78 is 5.30. The Hall–Kier alpha value is -2.65. The second kappa shape index (κ2) is 5.33. The van der Waals surface area contributed by atoms with E-state index >= 15 is 0 Å². The first-order chi connectivity index (χ1) is 9.10. The first-order valence-corrected chi connectivity index (χ1v) is 5.47. The molecule has 6 nitrogen and oxygen atoms in total. The number of nitriles is 1. The van der Waals surface area contributed by atoms with Crippen LogP contribution in [0.1, 0.15) is 5.56 Å². The standard InChI is InChI=1S/C12H6ClN3O3/c13-11-6-5-10(16(17)18)12(15-11)19-9-3-1-8(7-14)2-4-9/h1-6H. The normalized spacial score (nSPS) is 9.68. The van der Waals surface area contributed by atoms with E-state index in [2.05, 4.69) is 4.98 Å². The summed E-state index contributed by atoms with van der Waals surface area (Å²) in [5.74, 6) is 0.138. The molecule has 7 heteroatoms. The Labute approximate surface area is 113 Å². The van der Waals surface area contributed by atoms with E-state index in [1.54, 1.807) is 0 Å². The molecule has 2 aromatic rings. The van der Waals surface area contributed by atoms with E-state index in [0.29, 0.717) is 11.3 Å². The van der Waals surface area contributed by atoms with Crippen molar-refractivity contribution >= 4 is 17.3 Å². The number of hydrogen-bond donors (Lipinski definition) is 0. The fourth-order valence-electron chi connectivity index (χ4n) is 1.33. The Morgan fingerprint density at radius 2 is 1.95 bits per heavy atom. The zero-order valence-electron chi connectivity index (χ0n) is 9.41. The van der Waals surface area contributed by atoms with Gasteiger partial charge in [-0.25, -0.2) is 0 Å². The van der Waals surface area contributed by atoms with Crippen molar-refractivity contribution in [2.45, 2.75) is 0 Å². The second-order valence-electron chi connectivity index (χ2n) is 3.45. The lowest BCUT2D eigenvalue weighted by Gasteiger charge is -2.05. The monoisotopic (exact) mass is 275 g/mol. The maximum absolute atomic E-state index is 10.8. The van der Waals surface area contributed by atoms with Gasteiger partial charge in [0, 0.05) is 6.07 Å². The van der Waals surface area contributed by atoms with Crippen molar-refractivity contribution in [2.24, 2.45) is 0 Å². The van der Waals surface area contributed by atoms with Crippen LogP contribution in [0.5, 0.6) is 11.6 Å². The number of nitrogens with zero attached hydrogens (tertiary/aromatic N) is 3. The summed E-state index contributed by atoms with van der Waals surface area (Å²) >= 11 is 5.68. The van der Waals surface area contributed by atoms with Gasteiger partial charge < -0.3 is 4.74 Å². The van der Waals surface area contributed by atoms with Gasteiger partial charge in [-0.05, 0) is 30.3 Å². The third-order valence-corrected chi connectivity index (χ3v) is 2.41. The number of nitro groups is 1. The Bertz CT molecular complexity index is 665. The van der Waals surface area contributed by atoms with Crippen molar-refractivity contribution in [3.63, 3.8) is 0 Å². The third-order valence-electron chi connectivity index (χ3n) is 2.20. The van der Waals surface area contributed by atoms with Crippen LogP contribution in [-0.2, 0) is 0 Å². The largest absolute Gasteiger partial charge is 0.434 e. The van der Waals surface area contributed by atoms with Crippen molar-refractivity contribution in [2.75, 3.05) is 0 Å². The number of pyridine rings is 1. The predicted molar refractivity (Wildman–Crippen MR) is 67.1 cm³/mol. The summed E-state index contributed by atoms with van der Waals surface area (Å²) in [6.07, 6.45) is 0. The van der Waals surface area contributed by atoms with Crippen molar-refractivity contribution < 1.29 is 9.66 Å². The molecule has 0 N–H and O–H groups in total. The summed E-state index contributed by atoms with van der Waals surface area (Å²) in [6, 6.07) is 10.6. The van der Waals surface area contributed by atoms with E-state index in [4.69, 9.17) is 21.6 Å². The molecule has 2 rings (SSSR count). The van der Waals surface area contributed by atoms with Crippen LogP contribution < -0.4 is 4.74 Å². The minimum absolute atomic E-state index is 0.0919. The van der Waals surface area contributed by atoms with Gasteiger partial charge in [0.15, 0.2) is 0 Å². The van der Waals surface area contributed by atoms with Crippen LogP contribution >= 0.6 is 11.6 Å². The third kappa shape index (κ3) is 2.97. The van der Waals surface area contributed by atoms with Gasteiger partial charge in [-0.15, -0.1) is 0 Å². The molecule has 0 aliphatic rings. The zero-order valence-corrected chi connectivity index (χ0v) is 10.2. The van der Waals surface area contributed by atoms with Gasteiger partial charge in [-0.3, -0.25) is 10.1 Å². The first-order valence-electron chi connectivity index (χ1n) is 5.09. The molecule has 0 radical (unpaired) electrons. The molecule has 19 heavy (non-hydrogen) atoms. The maximum Gasteiger partial charge on any atom is 0.331 e. The van der Waals surface area contributed by atoms with E-state index < -0.39 is 4.92 Å². The molecule has 1 aromatic heterocycles. The summed E-state index contributed by atoms with van der Waals surface area (Å²) in [7, 11) is 0. The van der Waals surface area contributed by atoms with Crippen LogP contribution in [0.25, 0.3) is 0 Å². The SMILES string of the molecule is N#Cc1ccc(Oc2nc(Cl)ccc2[N+](=O)[O-])cc1. The molecular formula is C12H6ClN3O3. The molecule has 94 valence electrons. The van der Waals surface area contributed by atoms with E-state index in [-0.39, 0.29) is 16.7 Å². The summed E-state index contributed by atoms with van der Waals surface area (Å²) in [5, 5.41) is 19.6. The lowest BCUT2D eigenvalue weighted by molar-refractivity contribution is -0.386. The zero-order chi connectivity index (χ0) is 13.8. The summed E-state index contributed by atoms with van der Waals surface area (Å²) in [5.41, 5.74) is 0.176. The summed E-state index contributed by atoms with van der Waals surface area (Å²) in [4.78, 5) is 14.0. The number of halogens is 1. The Morgan fingerprint density at radius 3 is 2.53 bits per heavy atom. The molecule has 1 heterocycles. The van der Waals surface area contributed by atoms with Crippen molar-refractivity contribution in [1.82, 2.24) is 4.98 Å². The average Bonchev–Trinajstić information content (AvgIpc) is 2.39. The van der Waals surface area contributed by atoms with Crippen LogP contribution in [0.15, 0.2) is 36.4 Å². The highest BCUT2D eigenvalue weighted by atomic mass is 35.5. The first kappa shape index (κ1) is 12.8. The molecule has 1 aromatic carbocycles. The number of benzene rings is 1. The molecule has 0 saturated carbocycles. The molecule has 0 bridgehead atoms. The molecule has 0 aliphatic carbocycles. The smallest absolute Gasteiger partial charge is 0.331 e. The summed E-state index contributed by atoms with van der Waals surface area (Å²) in [6.45, 7) is 0. The molecular weight excluding hydrogens is 270 g/mol. The van der Waals surface area contributed by atoms with E-state index in [1.807, 2.05) is 6.07 Å². The second-order valence-corrected chi connectivity index (χ2v) is 3.84. The highest BCUT2D eigenvalue weighted by molar-refractivity contribution is 6.29. The predicted octanol–water partition coefficient (Wildman–Crippen LogP) is 3.31.